The third-order valence-electron chi connectivity index (χ3n) is 2.75. The summed E-state index contributed by atoms with van der Waals surface area (Å²) < 4.78 is 6.47. The highest BCUT2D eigenvalue weighted by Gasteiger charge is 2.13. The van der Waals surface area contributed by atoms with E-state index >= 15 is 0 Å². The number of nitrogens with one attached hydrogen (secondary N) is 1. The maximum absolute atomic E-state index is 11.9. The van der Waals surface area contributed by atoms with Crippen molar-refractivity contribution in [2.75, 3.05) is 0 Å². The molecule has 0 saturated carbocycles. The summed E-state index contributed by atoms with van der Waals surface area (Å²) in [5.74, 6) is 0.292. The second kappa shape index (κ2) is 7.96. The van der Waals surface area contributed by atoms with Gasteiger partial charge in [0.05, 0.1) is 6.21 Å². The Morgan fingerprint density at radius 2 is 1.86 bits per heavy atom. The monoisotopic (exact) mass is 380 g/mol. The highest BCUT2D eigenvalue weighted by atomic mass is 79.9. The van der Waals surface area contributed by atoms with Gasteiger partial charge in [0.15, 0.2) is 6.10 Å². The molecule has 2 aromatic rings. The van der Waals surface area contributed by atoms with Gasteiger partial charge in [0.1, 0.15) is 5.75 Å². The molecule has 1 N–H and O–H groups in total. The van der Waals surface area contributed by atoms with Crippen LogP contribution < -0.4 is 10.2 Å². The van der Waals surface area contributed by atoms with Crippen molar-refractivity contribution < 1.29 is 9.53 Å². The van der Waals surface area contributed by atoms with E-state index in [0.29, 0.717) is 10.8 Å². The van der Waals surface area contributed by atoms with Crippen LogP contribution in [0.3, 0.4) is 0 Å². The second-order valence-corrected chi connectivity index (χ2v) is 5.85. The summed E-state index contributed by atoms with van der Waals surface area (Å²) in [5.41, 5.74) is 3.28. The Bertz CT molecular complexity index is 657. The van der Waals surface area contributed by atoms with Crippen molar-refractivity contribution in [3.63, 3.8) is 0 Å². The molecule has 0 fully saturated rings. The molecule has 4 nitrogen and oxygen atoms in total. The Kier molecular flexibility index (Phi) is 5.98. The quantitative estimate of drug-likeness (QED) is 0.628. The lowest BCUT2D eigenvalue weighted by atomic mass is 10.2. The number of hydrogen-bond acceptors (Lipinski definition) is 3. The molecule has 2 rings (SSSR count). The van der Waals surface area contributed by atoms with Crippen molar-refractivity contribution in [1.82, 2.24) is 5.43 Å². The molecule has 2 aromatic carbocycles. The predicted octanol–water partition coefficient (Wildman–Crippen LogP) is 4.02. The van der Waals surface area contributed by atoms with Crippen LogP contribution in [-0.2, 0) is 4.79 Å². The summed E-state index contributed by atoms with van der Waals surface area (Å²) in [6.07, 6.45) is 0.893. The molecule has 114 valence electrons. The van der Waals surface area contributed by atoms with Gasteiger partial charge in [0.2, 0.25) is 0 Å². The minimum Gasteiger partial charge on any atom is -0.481 e. The summed E-state index contributed by atoms with van der Waals surface area (Å²) in [4.78, 5) is 11.9. The third kappa shape index (κ3) is 5.16. The van der Waals surface area contributed by atoms with E-state index in [1.54, 1.807) is 49.5 Å². The molecule has 0 aliphatic heterocycles. The van der Waals surface area contributed by atoms with Crippen molar-refractivity contribution in [2.45, 2.75) is 13.0 Å². The zero-order valence-corrected chi connectivity index (χ0v) is 14.1. The zero-order chi connectivity index (χ0) is 15.9. The number of hydrazone groups is 1. The maximum atomic E-state index is 11.9. The van der Waals surface area contributed by atoms with Crippen LogP contribution in [0.4, 0.5) is 0 Å². The van der Waals surface area contributed by atoms with Crippen LogP contribution >= 0.6 is 27.5 Å². The highest BCUT2D eigenvalue weighted by molar-refractivity contribution is 9.10. The average Bonchev–Trinajstić information content (AvgIpc) is 2.51. The van der Waals surface area contributed by atoms with E-state index in [4.69, 9.17) is 16.3 Å². The largest absolute Gasteiger partial charge is 0.481 e. The summed E-state index contributed by atoms with van der Waals surface area (Å²) >= 11 is 9.13. The van der Waals surface area contributed by atoms with Crippen LogP contribution in [0.2, 0.25) is 5.02 Å². The Morgan fingerprint density at radius 3 is 2.50 bits per heavy atom. The van der Waals surface area contributed by atoms with E-state index in [2.05, 4.69) is 26.5 Å². The highest BCUT2D eigenvalue weighted by Crippen LogP contribution is 2.17. The number of amides is 1. The molecular formula is C16H14BrClN2O2. The summed E-state index contributed by atoms with van der Waals surface area (Å²) in [7, 11) is 0. The van der Waals surface area contributed by atoms with Gasteiger partial charge in [-0.2, -0.15) is 5.10 Å². The molecule has 1 unspecified atom stereocenters. The van der Waals surface area contributed by atoms with Gasteiger partial charge < -0.3 is 4.74 Å². The smallest absolute Gasteiger partial charge is 0.280 e. The Labute approximate surface area is 142 Å². The molecule has 0 heterocycles. The Hall–Kier alpha value is -1.85. The summed E-state index contributed by atoms with van der Waals surface area (Å²) in [6, 6.07) is 14.4. The average molecular weight is 382 g/mol. The van der Waals surface area contributed by atoms with Crippen molar-refractivity contribution in [3.05, 3.63) is 63.6 Å². The number of nitrogens with zero attached hydrogens (tertiary/aromatic N) is 1. The van der Waals surface area contributed by atoms with Crippen LogP contribution in [0.25, 0.3) is 0 Å². The molecule has 0 aliphatic carbocycles. The lowest BCUT2D eigenvalue weighted by Crippen LogP contribution is -2.33. The normalized spacial score (nSPS) is 12.1. The molecule has 0 aliphatic rings. The van der Waals surface area contributed by atoms with E-state index < -0.39 is 6.10 Å². The molecular weight excluding hydrogens is 368 g/mol. The minimum absolute atomic E-state index is 0.326. The van der Waals surface area contributed by atoms with Gasteiger partial charge in [-0.05, 0) is 48.9 Å². The molecule has 0 radical (unpaired) electrons. The standard InChI is InChI=1S/C16H14BrClN2O2/c1-11(22-15-8-4-13(17)5-9-15)16(21)20-19-10-12-2-6-14(18)7-3-12/h2-11H,1H3,(H,20,21). The first-order valence-electron chi connectivity index (χ1n) is 6.55. The van der Waals surface area contributed by atoms with Crippen molar-refractivity contribution >= 4 is 39.7 Å². The molecule has 22 heavy (non-hydrogen) atoms. The topological polar surface area (TPSA) is 50.7 Å². The second-order valence-electron chi connectivity index (χ2n) is 4.50. The van der Waals surface area contributed by atoms with Gasteiger partial charge in [-0.15, -0.1) is 0 Å². The van der Waals surface area contributed by atoms with E-state index in [-0.39, 0.29) is 5.91 Å². The zero-order valence-electron chi connectivity index (χ0n) is 11.8. The van der Waals surface area contributed by atoms with Gasteiger partial charge >= 0.3 is 0 Å². The fraction of sp³-hybridized carbons (Fsp3) is 0.125. The van der Waals surface area contributed by atoms with Gasteiger partial charge in [0.25, 0.3) is 5.91 Å². The molecule has 0 saturated heterocycles. The maximum Gasteiger partial charge on any atom is 0.280 e. The van der Waals surface area contributed by atoms with E-state index in [0.717, 1.165) is 10.0 Å². The van der Waals surface area contributed by atoms with Gasteiger partial charge in [-0.3, -0.25) is 4.79 Å². The minimum atomic E-state index is -0.649. The van der Waals surface area contributed by atoms with E-state index in [9.17, 15) is 4.79 Å². The fourth-order valence-electron chi connectivity index (χ4n) is 1.58. The number of benzene rings is 2. The predicted molar refractivity (Wildman–Crippen MR) is 91.4 cm³/mol. The lowest BCUT2D eigenvalue weighted by Gasteiger charge is -2.12. The first-order valence-corrected chi connectivity index (χ1v) is 7.72. The van der Waals surface area contributed by atoms with Crippen LogP contribution in [-0.4, -0.2) is 18.2 Å². The summed E-state index contributed by atoms with van der Waals surface area (Å²) in [5, 5.41) is 4.54. The molecule has 0 bridgehead atoms. The third-order valence-corrected chi connectivity index (χ3v) is 3.53. The number of hydrogen-bond donors (Lipinski definition) is 1. The van der Waals surface area contributed by atoms with E-state index in [1.165, 1.54) is 0 Å². The Balaban J connectivity index is 1.85. The van der Waals surface area contributed by atoms with Gasteiger partial charge in [-0.1, -0.05) is 39.7 Å². The van der Waals surface area contributed by atoms with Crippen molar-refractivity contribution in [2.24, 2.45) is 5.10 Å². The van der Waals surface area contributed by atoms with E-state index in [1.807, 2.05) is 12.1 Å². The number of rotatable bonds is 5. The van der Waals surface area contributed by atoms with Crippen molar-refractivity contribution in [3.8, 4) is 5.75 Å². The van der Waals surface area contributed by atoms with Crippen molar-refractivity contribution in [1.29, 1.82) is 0 Å². The van der Waals surface area contributed by atoms with Crippen LogP contribution in [0.15, 0.2) is 58.1 Å². The summed E-state index contributed by atoms with van der Waals surface area (Å²) in [6.45, 7) is 1.66. The molecule has 0 aromatic heterocycles. The van der Waals surface area contributed by atoms with Crippen LogP contribution in [0.1, 0.15) is 12.5 Å². The van der Waals surface area contributed by atoms with Crippen LogP contribution in [0.5, 0.6) is 5.75 Å². The first kappa shape index (κ1) is 16.5. The molecule has 0 spiro atoms. The number of carbonyl (C=O) groups is 1. The SMILES string of the molecule is CC(Oc1ccc(Br)cc1)C(=O)NN=Cc1ccc(Cl)cc1. The van der Waals surface area contributed by atoms with Gasteiger partial charge in [0, 0.05) is 9.50 Å². The van der Waals surface area contributed by atoms with Crippen LogP contribution in [0, 0.1) is 0 Å². The number of ether oxygens (including phenoxy) is 1. The fourth-order valence-corrected chi connectivity index (χ4v) is 1.97. The van der Waals surface area contributed by atoms with Gasteiger partial charge in [-0.25, -0.2) is 5.43 Å². The lowest BCUT2D eigenvalue weighted by molar-refractivity contribution is -0.127. The first-order chi connectivity index (χ1) is 10.5. The Morgan fingerprint density at radius 1 is 1.23 bits per heavy atom. The molecule has 1 atom stereocenters. The molecule has 1 amide bonds. The molecule has 6 heteroatoms. The number of halogens is 2. The number of carbonyl (C=O) groups excluding carboxylic acids is 1.